The van der Waals surface area contributed by atoms with E-state index in [0.29, 0.717) is 0 Å². The Labute approximate surface area is 85.7 Å². The van der Waals surface area contributed by atoms with E-state index in [-0.39, 0.29) is 0 Å². The number of hydrogen-bond acceptors (Lipinski definition) is 2. The molecule has 1 aromatic carbocycles. The average Bonchev–Trinajstić information content (AvgIpc) is 2.69. The van der Waals surface area contributed by atoms with E-state index in [1.165, 1.54) is 12.1 Å². The molecule has 0 aromatic heterocycles. The van der Waals surface area contributed by atoms with Gasteiger partial charge in [0, 0.05) is 13.1 Å². The van der Waals surface area contributed by atoms with Crippen LogP contribution >= 0.6 is 0 Å². The molecular weight excluding hydrogens is 205 g/mol. The maximum atomic E-state index is 12.3. The van der Waals surface area contributed by atoms with Gasteiger partial charge < -0.3 is 5.01 Å². The molecule has 0 bridgehead atoms. The van der Waals surface area contributed by atoms with Crippen molar-refractivity contribution < 1.29 is 13.2 Å². The number of halogens is 3. The Morgan fingerprint density at radius 3 is 2.27 bits per heavy atom. The van der Waals surface area contributed by atoms with Gasteiger partial charge in [0.05, 0.1) is 11.3 Å². The first-order valence-corrected chi connectivity index (χ1v) is 4.76. The van der Waals surface area contributed by atoms with Crippen molar-refractivity contribution in [2.45, 2.75) is 12.6 Å². The fraction of sp³-hybridized carbons (Fsp3) is 0.400. The zero-order valence-corrected chi connectivity index (χ0v) is 8.01. The number of nitrogens with one attached hydrogen (secondary N) is 1. The van der Waals surface area contributed by atoms with Crippen LogP contribution in [0.3, 0.4) is 0 Å². The molecule has 15 heavy (non-hydrogen) atoms. The van der Waals surface area contributed by atoms with Gasteiger partial charge in [-0.3, -0.25) is 0 Å². The molecule has 0 saturated carbocycles. The van der Waals surface area contributed by atoms with Crippen molar-refractivity contribution in [2.75, 3.05) is 18.1 Å². The molecule has 1 N–H and O–H groups in total. The fourth-order valence-electron chi connectivity index (χ4n) is 1.58. The SMILES string of the molecule is FC(F)(F)c1ccc(N2CCCN2)cc1. The molecule has 1 aliphatic heterocycles. The highest BCUT2D eigenvalue weighted by atomic mass is 19.4. The Balaban J connectivity index is 2.16. The van der Waals surface area contributed by atoms with E-state index in [0.717, 1.165) is 37.3 Å². The first kappa shape index (κ1) is 10.3. The Kier molecular flexibility index (Phi) is 2.56. The quantitative estimate of drug-likeness (QED) is 0.775. The lowest BCUT2D eigenvalue weighted by molar-refractivity contribution is -0.137. The maximum absolute atomic E-state index is 12.3. The largest absolute Gasteiger partial charge is 0.416 e. The van der Waals surface area contributed by atoms with Gasteiger partial charge in [0.2, 0.25) is 0 Å². The minimum Gasteiger partial charge on any atom is -0.308 e. The molecule has 0 radical (unpaired) electrons. The van der Waals surface area contributed by atoms with Crippen LogP contribution in [0, 0.1) is 0 Å². The van der Waals surface area contributed by atoms with Gasteiger partial charge in [-0.25, -0.2) is 5.43 Å². The molecule has 1 heterocycles. The number of benzene rings is 1. The molecule has 0 amide bonds. The van der Waals surface area contributed by atoms with Crippen LogP contribution in [-0.2, 0) is 6.18 Å². The van der Waals surface area contributed by atoms with Crippen molar-refractivity contribution >= 4 is 5.69 Å². The van der Waals surface area contributed by atoms with Gasteiger partial charge in [0.25, 0.3) is 0 Å². The van der Waals surface area contributed by atoms with E-state index < -0.39 is 11.7 Å². The first-order valence-electron chi connectivity index (χ1n) is 4.76. The first-order chi connectivity index (χ1) is 7.07. The highest BCUT2D eigenvalue weighted by Crippen LogP contribution is 2.30. The van der Waals surface area contributed by atoms with Gasteiger partial charge >= 0.3 is 6.18 Å². The van der Waals surface area contributed by atoms with Crippen molar-refractivity contribution in [3.63, 3.8) is 0 Å². The minimum atomic E-state index is -4.25. The van der Waals surface area contributed by atoms with E-state index in [1.54, 1.807) is 0 Å². The van der Waals surface area contributed by atoms with Crippen molar-refractivity contribution in [3.05, 3.63) is 29.8 Å². The van der Waals surface area contributed by atoms with Gasteiger partial charge in [0.1, 0.15) is 0 Å². The molecule has 0 unspecified atom stereocenters. The van der Waals surface area contributed by atoms with Gasteiger partial charge in [-0.1, -0.05) is 0 Å². The smallest absolute Gasteiger partial charge is 0.308 e. The summed E-state index contributed by atoms with van der Waals surface area (Å²) in [6, 6.07) is 5.19. The van der Waals surface area contributed by atoms with Crippen molar-refractivity contribution in [2.24, 2.45) is 0 Å². The molecule has 0 aliphatic carbocycles. The van der Waals surface area contributed by atoms with Gasteiger partial charge in [-0.15, -0.1) is 0 Å². The third-order valence-corrected chi connectivity index (χ3v) is 2.37. The lowest BCUT2D eigenvalue weighted by Crippen LogP contribution is -2.30. The van der Waals surface area contributed by atoms with Crippen LogP contribution in [0.15, 0.2) is 24.3 Å². The molecule has 1 fully saturated rings. The van der Waals surface area contributed by atoms with Gasteiger partial charge in [-0.2, -0.15) is 13.2 Å². The van der Waals surface area contributed by atoms with E-state index in [4.69, 9.17) is 0 Å². The summed E-state index contributed by atoms with van der Waals surface area (Å²) < 4.78 is 36.8. The summed E-state index contributed by atoms with van der Waals surface area (Å²) in [6.07, 6.45) is -3.24. The topological polar surface area (TPSA) is 15.3 Å². The highest BCUT2D eigenvalue weighted by Gasteiger charge is 2.30. The average molecular weight is 216 g/mol. The highest BCUT2D eigenvalue weighted by molar-refractivity contribution is 5.47. The molecule has 2 nitrogen and oxygen atoms in total. The molecule has 0 atom stereocenters. The van der Waals surface area contributed by atoms with Gasteiger partial charge in [-0.05, 0) is 30.7 Å². The minimum absolute atomic E-state index is 0.606. The lowest BCUT2D eigenvalue weighted by Gasteiger charge is -2.18. The van der Waals surface area contributed by atoms with E-state index in [9.17, 15) is 13.2 Å². The van der Waals surface area contributed by atoms with Crippen LogP contribution in [0.25, 0.3) is 0 Å². The van der Waals surface area contributed by atoms with Crippen LogP contribution in [0.1, 0.15) is 12.0 Å². The molecule has 5 heteroatoms. The number of anilines is 1. The second kappa shape index (κ2) is 3.73. The summed E-state index contributed by atoms with van der Waals surface area (Å²) in [5.74, 6) is 0. The molecule has 82 valence electrons. The monoisotopic (exact) mass is 216 g/mol. The Bertz CT molecular complexity index is 326. The lowest BCUT2D eigenvalue weighted by atomic mass is 10.2. The molecule has 1 aromatic rings. The Morgan fingerprint density at radius 1 is 1.13 bits per heavy atom. The predicted molar refractivity (Wildman–Crippen MR) is 51.4 cm³/mol. The summed E-state index contributed by atoms with van der Waals surface area (Å²) in [4.78, 5) is 0. The molecule has 1 aliphatic rings. The van der Waals surface area contributed by atoms with Gasteiger partial charge in [0.15, 0.2) is 0 Å². The standard InChI is InChI=1S/C10H11F3N2/c11-10(12,13)8-2-4-9(5-3-8)15-7-1-6-14-15/h2-5,14H,1,6-7H2. The van der Waals surface area contributed by atoms with Crippen LogP contribution in [-0.4, -0.2) is 13.1 Å². The van der Waals surface area contributed by atoms with Crippen molar-refractivity contribution in [3.8, 4) is 0 Å². The zero-order chi connectivity index (χ0) is 10.9. The Hall–Kier alpha value is -1.23. The molecule has 2 rings (SSSR count). The van der Waals surface area contributed by atoms with Crippen LogP contribution in [0.2, 0.25) is 0 Å². The summed E-state index contributed by atoms with van der Waals surface area (Å²) >= 11 is 0. The number of alkyl halides is 3. The second-order valence-corrected chi connectivity index (χ2v) is 3.46. The number of rotatable bonds is 1. The molecule has 1 saturated heterocycles. The van der Waals surface area contributed by atoms with Crippen LogP contribution < -0.4 is 10.4 Å². The molecule has 0 spiro atoms. The van der Waals surface area contributed by atoms with Crippen LogP contribution in [0.5, 0.6) is 0 Å². The predicted octanol–water partition coefficient (Wildman–Crippen LogP) is 2.42. The van der Waals surface area contributed by atoms with E-state index in [2.05, 4.69) is 5.43 Å². The second-order valence-electron chi connectivity index (χ2n) is 3.46. The van der Waals surface area contributed by atoms with Crippen molar-refractivity contribution in [1.29, 1.82) is 0 Å². The van der Waals surface area contributed by atoms with E-state index in [1.807, 2.05) is 5.01 Å². The van der Waals surface area contributed by atoms with Crippen LogP contribution in [0.4, 0.5) is 18.9 Å². The number of nitrogens with zero attached hydrogens (tertiary/aromatic N) is 1. The van der Waals surface area contributed by atoms with Crippen molar-refractivity contribution in [1.82, 2.24) is 5.43 Å². The molecular formula is C10H11F3N2. The Morgan fingerprint density at radius 2 is 1.80 bits per heavy atom. The summed E-state index contributed by atoms with van der Waals surface area (Å²) in [5.41, 5.74) is 3.26. The summed E-state index contributed by atoms with van der Waals surface area (Å²) in [6.45, 7) is 1.71. The zero-order valence-electron chi connectivity index (χ0n) is 8.01. The maximum Gasteiger partial charge on any atom is 0.416 e. The normalized spacial score (nSPS) is 17.1. The number of hydrazine groups is 1. The third-order valence-electron chi connectivity index (χ3n) is 2.37. The third kappa shape index (κ3) is 2.23. The fourth-order valence-corrected chi connectivity index (χ4v) is 1.58. The summed E-state index contributed by atoms with van der Waals surface area (Å²) in [7, 11) is 0. The summed E-state index contributed by atoms with van der Waals surface area (Å²) in [5, 5.41) is 1.86. The number of hydrogen-bond donors (Lipinski definition) is 1. The van der Waals surface area contributed by atoms with E-state index >= 15 is 0 Å².